The summed E-state index contributed by atoms with van der Waals surface area (Å²) in [5.74, 6) is -0.861. The Bertz CT molecular complexity index is 1250. The fraction of sp³-hybridized carbons (Fsp3) is 0.455. The number of carbonyl (C=O) groups is 1. The number of rotatable bonds is 11. The van der Waals surface area contributed by atoms with Crippen molar-refractivity contribution in [2.75, 3.05) is 12.1 Å². The van der Waals surface area contributed by atoms with Crippen LogP contribution in [0, 0.1) is 0 Å². The van der Waals surface area contributed by atoms with E-state index in [1.807, 2.05) is 32.9 Å². The van der Waals surface area contributed by atoms with E-state index >= 15 is 0 Å². The third kappa shape index (κ3) is 6.56. The number of ether oxygens (including phenoxy) is 1. The van der Waals surface area contributed by atoms with Gasteiger partial charge in [-0.2, -0.15) is 0 Å². The predicted molar refractivity (Wildman–Crippen MR) is 135 cm³/mol. The minimum absolute atomic E-state index is 0.258. The summed E-state index contributed by atoms with van der Waals surface area (Å²) in [7, 11) is -3.60. The number of nitrogens with zero attached hydrogens (tertiary/aromatic N) is 4. The second-order valence-corrected chi connectivity index (χ2v) is 12.1. The molecule has 0 saturated heterocycles. The molecule has 2 aromatic heterocycles. The summed E-state index contributed by atoms with van der Waals surface area (Å²) in [6.07, 6.45) is 2.28. The van der Waals surface area contributed by atoms with E-state index in [0.717, 1.165) is 5.56 Å². The van der Waals surface area contributed by atoms with Crippen molar-refractivity contribution >= 4 is 42.0 Å². The number of nitrogen functional groups attached to an aromatic ring is 1. The Kier molecular flexibility index (Phi) is 7.88. The first kappa shape index (κ1) is 27.0. The highest BCUT2D eigenvalue weighted by Crippen LogP contribution is 2.44. The normalized spacial score (nSPS) is 15.1. The highest BCUT2D eigenvalue weighted by Gasteiger charge is 2.40. The molecule has 0 amide bonds. The Hall–Kier alpha value is -2.56. The molecule has 11 nitrogen and oxygen atoms in total. The Morgan fingerprint density at radius 3 is 2.49 bits per heavy atom. The summed E-state index contributed by atoms with van der Waals surface area (Å²) in [5.41, 5.74) is 5.46. The van der Waals surface area contributed by atoms with Crippen LogP contribution in [0.5, 0.6) is 0 Å². The summed E-state index contributed by atoms with van der Waals surface area (Å²) < 4.78 is 21.8. The van der Waals surface area contributed by atoms with E-state index in [9.17, 15) is 14.5 Å². The molecule has 190 valence electrons. The number of hydrogen-bond donors (Lipinski definition) is 4. The van der Waals surface area contributed by atoms with Gasteiger partial charge in [0.25, 0.3) is 0 Å². The number of nitrogens with one attached hydrogen (secondary N) is 2. The molecule has 0 bridgehead atoms. The number of halogens is 1. The van der Waals surface area contributed by atoms with Crippen LogP contribution in [0.1, 0.15) is 40.2 Å². The smallest absolute Gasteiger partial charge is 0.323 e. The van der Waals surface area contributed by atoms with E-state index in [4.69, 9.17) is 22.1 Å². The van der Waals surface area contributed by atoms with Crippen LogP contribution in [-0.4, -0.2) is 48.6 Å². The molecule has 2 atom stereocenters. The van der Waals surface area contributed by atoms with Crippen molar-refractivity contribution in [1.29, 1.82) is 0 Å². The first-order valence-electron chi connectivity index (χ1n) is 10.9. The van der Waals surface area contributed by atoms with E-state index in [-0.39, 0.29) is 12.2 Å². The number of hydrogen-bond acceptors (Lipinski definition) is 7. The van der Waals surface area contributed by atoms with Crippen molar-refractivity contribution in [3.63, 3.8) is 0 Å². The van der Waals surface area contributed by atoms with Gasteiger partial charge in [-0.3, -0.25) is 9.36 Å². The molecule has 3 rings (SSSR count). The van der Waals surface area contributed by atoms with Crippen LogP contribution in [0.15, 0.2) is 36.9 Å². The molecule has 13 heteroatoms. The van der Waals surface area contributed by atoms with Gasteiger partial charge in [0.2, 0.25) is 7.44 Å². The zero-order chi connectivity index (χ0) is 26.0. The Labute approximate surface area is 208 Å². The van der Waals surface area contributed by atoms with Crippen molar-refractivity contribution in [1.82, 2.24) is 29.7 Å². The van der Waals surface area contributed by atoms with Crippen molar-refractivity contribution in [3.8, 4) is 0 Å². The molecular formula is C22H31ClN7O4P. The number of nitrogens with two attached hydrogens (primary N) is 1. The largest absolute Gasteiger partial charge is 0.480 e. The van der Waals surface area contributed by atoms with Gasteiger partial charge in [0.1, 0.15) is 23.7 Å². The van der Waals surface area contributed by atoms with Crippen LogP contribution in [-0.2, 0) is 26.2 Å². The van der Waals surface area contributed by atoms with E-state index in [1.165, 1.54) is 20.2 Å². The van der Waals surface area contributed by atoms with E-state index in [0.29, 0.717) is 22.7 Å². The van der Waals surface area contributed by atoms with E-state index in [1.54, 1.807) is 23.0 Å². The maximum atomic E-state index is 14.1. The number of aliphatic carboxylic acids is 1. The molecular weight excluding hydrogens is 493 g/mol. The molecule has 35 heavy (non-hydrogen) atoms. The lowest BCUT2D eigenvalue weighted by Crippen LogP contribution is -2.50. The Morgan fingerprint density at radius 2 is 1.86 bits per heavy atom. The van der Waals surface area contributed by atoms with Crippen molar-refractivity contribution < 1.29 is 19.2 Å². The second-order valence-electron chi connectivity index (χ2n) is 9.46. The number of aromatic nitrogens is 4. The van der Waals surface area contributed by atoms with Gasteiger partial charge >= 0.3 is 5.97 Å². The maximum Gasteiger partial charge on any atom is 0.323 e. The van der Waals surface area contributed by atoms with Gasteiger partial charge in [-0.15, -0.1) is 0 Å². The van der Waals surface area contributed by atoms with Crippen LogP contribution in [0.4, 0.5) is 5.82 Å². The van der Waals surface area contributed by atoms with Gasteiger partial charge in [-0.1, -0.05) is 23.7 Å². The third-order valence-corrected chi connectivity index (χ3v) is 8.05. The fourth-order valence-electron chi connectivity index (χ4n) is 3.57. The number of carboxylic acid groups (broad SMARTS) is 1. The highest BCUT2D eigenvalue weighted by atomic mass is 35.5. The number of benzene rings is 1. The lowest BCUT2D eigenvalue weighted by Gasteiger charge is -2.36. The lowest BCUT2D eigenvalue weighted by molar-refractivity contribution is -0.142. The lowest BCUT2D eigenvalue weighted by atomic mass is 9.96. The van der Waals surface area contributed by atoms with Crippen LogP contribution < -0.4 is 15.9 Å². The van der Waals surface area contributed by atoms with Crippen LogP contribution in [0.2, 0.25) is 5.02 Å². The molecule has 0 unspecified atom stereocenters. The molecule has 0 spiro atoms. The van der Waals surface area contributed by atoms with Crippen LogP contribution in [0.3, 0.4) is 0 Å². The molecule has 1 aromatic carbocycles. The van der Waals surface area contributed by atoms with Gasteiger partial charge < -0.3 is 20.1 Å². The summed E-state index contributed by atoms with van der Waals surface area (Å²) in [6.45, 7) is 8.77. The number of imidazole rings is 1. The number of anilines is 1. The molecule has 0 aliphatic rings. The summed E-state index contributed by atoms with van der Waals surface area (Å²) in [6, 6.07) is 7.13. The molecule has 0 aliphatic carbocycles. The topological polar surface area (TPSA) is 157 Å². The average Bonchev–Trinajstić information content (AvgIpc) is 3.16. The average molecular weight is 524 g/mol. The minimum Gasteiger partial charge on any atom is -0.480 e. The second kappa shape index (κ2) is 10.2. The maximum absolute atomic E-state index is 14.1. The predicted octanol–water partition coefficient (Wildman–Crippen LogP) is 3.60. The van der Waals surface area contributed by atoms with E-state index in [2.05, 4.69) is 25.1 Å². The van der Waals surface area contributed by atoms with Gasteiger partial charge in [0.15, 0.2) is 11.5 Å². The molecule has 0 fully saturated rings. The Morgan fingerprint density at radius 1 is 1.20 bits per heavy atom. The highest BCUT2D eigenvalue weighted by molar-refractivity contribution is 7.59. The molecule has 0 radical (unpaired) electrons. The van der Waals surface area contributed by atoms with Crippen molar-refractivity contribution in [2.24, 2.45) is 0 Å². The number of carboxylic acids is 1. The monoisotopic (exact) mass is 523 g/mol. The first-order valence-corrected chi connectivity index (χ1v) is 13.2. The first-order chi connectivity index (χ1) is 16.2. The molecule has 0 saturated carbocycles. The van der Waals surface area contributed by atoms with Gasteiger partial charge in [-0.25, -0.2) is 25.1 Å². The summed E-state index contributed by atoms with van der Waals surface area (Å²) >= 11 is 6.01. The molecule has 5 N–H and O–H groups in total. The van der Waals surface area contributed by atoms with Gasteiger partial charge in [0, 0.05) is 10.6 Å². The van der Waals surface area contributed by atoms with E-state index < -0.39 is 30.6 Å². The SMILES string of the molecule is C[C@H](Cn1cnc2c(N)ncnc21)OC[P@](=O)(NC(C)(C)C(=O)O)NC(C)(C)c1ccc(Cl)cc1. The summed E-state index contributed by atoms with van der Waals surface area (Å²) in [4.78, 5) is 24.2. The molecule has 3 aromatic rings. The Balaban J connectivity index is 1.79. The quantitative estimate of drug-likeness (QED) is 0.274. The number of fused-ring (bicyclic) bond motifs is 1. The molecule has 0 aliphatic heterocycles. The van der Waals surface area contributed by atoms with Gasteiger partial charge in [0.05, 0.1) is 19.0 Å². The van der Waals surface area contributed by atoms with Gasteiger partial charge in [-0.05, 0) is 52.3 Å². The summed E-state index contributed by atoms with van der Waals surface area (Å²) in [5, 5.41) is 16.1. The minimum atomic E-state index is -3.60. The third-order valence-electron chi connectivity index (χ3n) is 5.44. The zero-order valence-electron chi connectivity index (χ0n) is 20.3. The standard InChI is InChI=1S/C22H31ClN7O4P/c1-14(10-30-12-27-17-18(24)25-11-26-19(17)30)34-13-35(33,29-22(4,5)20(31)32)28-21(2,3)15-6-8-16(23)9-7-15/h6-9,11-12,14H,10,13H2,1-5H3,(H,31,32)(H2,24,25,26)(H2,28,29,33)/t14-,35-/m1/s1. The van der Waals surface area contributed by atoms with Crippen molar-refractivity contribution in [3.05, 3.63) is 47.5 Å². The van der Waals surface area contributed by atoms with Crippen molar-refractivity contribution in [2.45, 2.75) is 58.3 Å². The van der Waals surface area contributed by atoms with Crippen LogP contribution in [0.25, 0.3) is 11.2 Å². The molecule has 2 heterocycles. The van der Waals surface area contributed by atoms with Crippen LogP contribution >= 0.6 is 19.0 Å². The zero-order valence-corrected chi connectivity index (χ0v) is 22.0. The fourth-order valence-corrected chi connectivity index (χ4v) is 6.37.